The molecule has 2 aromatic carbocycles. The summed E-state index contributed by atoms with van der Waals surface area (Å²) in [5, 5.41) is 0. The molecule has 1 saturated heterocycles. The summed E-state index contributed by atoms with van der Waals surface area (Å²) in [7, 11) is 1.62. The molecular formula is C26H28N4O3. The fourth-order valence-corrected chi connectivity index (χ4v) is 5.19. The molecule has 0 radical (unpaired) electrons. The lowest BCUT2D eigenvalue weighted by Gasteiger charge is -2.52. The third kappa shape index (κ3) is 4.11. The van der Waals surface area contributed by atoms with Crippen LogP contribution in [0.3, 0.4) is 0 Å². The minimum absolute atomic E-state index is 0.00461. The lowest BCUT2D eigenvalue weighted by molar-refractivity contribution is -0.134. The number of aromatic amines is 1. The summed E-state index contributed by atoms with van der Waals surface area (Å²) < 4.78 is 5.26. The van der Waals surface area contributed by atoms with Gasteiger partial charge < -0.3 is 19.5 Å². The highest BCUT2D eigenvalue weighted by Crippen LogP contribution is 2.38. The van der Waals surface area contributed by atoms with Crippen molar-refractivity contribution in [3.63, 3.8) is 0 Å². The Balaban J connectivity index is 1.46. The normalized spacial score (nSPS) is 19.9. The molecule has 1 N–H and O–H groups in total. The van der Waals surface area contributed by atoms with E-state index in [0.717, 1.165) is 30.7 Å². The Hall–Kier alpha value is -3.61. The van der Waals surface area contributed by atoms with Gasteiger partial charge in [-0.2, -0.15) is 0 Å². The van der Waals surface area contributed by atoms with Crippen molar-refractivity contribution in [2.45, 2.75) is 37.8 Å². The number of fused-ring (bicyclic) bond motifs is 1. The van der Waals surface area contributed by atoms with Gasteiger partial charge in [0, 0.05) is 37.1 Å². The Kier molecular flexibility index (Phi) is 5.62. The van der Waals surface area contributed by atoms with Crippen molar-refractivity contribution in [1.29, 1.82) is 0 Å². The van der Waals surface area contributed by atoms with E-state index in [-0.39, 0.29) is 11.8 Å². The van der Waals surface area contributed by atoms with Crippen molar-refractivity contribution < 1.29 is 14.3 Å². The molecule has 1 spiro atoms. The Bertz CT molecular complexity index is 1140. The molecule has 2 amide bonds. The summed E-state index contributed by atoms with van der Waals surface area (Å²) in [6.07, 6.45) is 6.06. The first kappa shape index (κ1) is 21.2. The second-order valence-corrected chi connectivity index (χ2v) is 8.96. The molecule has 1 fully saturated rings. The number of hydrogen-bond acceptors (Lipinski definition) is 4. The van der Waals surface area contributed by atoms with Gasteiger partial charge in [0.15, 0.2) is 0 Å². The lowest BCUT2D eigenvalue weighted by Crippen LogP contribution is -2.63. The topological polar surface area (TPSA) is 78.5 Å². The average Bonchev–Trinajstić information content (AvgIpc) is 3.36. The van der Waals surface area contributed by atoms with Crippen LogP contribution in [0, 0.1) is 0 Å². The number of nitrogens with one attached hydrogen (secondary N) is 1. The minimum atomic E-state index is -0.423. The third-order valence-corrected chi connectivity index (χ3v) is 6.93. The van der Waals surface area contributed by atoms with E-state index in [4.69, 9.17) is 4.74 Å². The minimum Gasteiger partial charge on any atom is -0.497 e. The van der Waals surface area contributed by atoms with E-state index in [1.165, 1.54) is 11.1 Å². The fourth-order valence-electron chi connectivity index (χ4n) is 5.19. The van der Waals surface area contributed by atoms with Crippen LogP contribution in [-0.2, 0) is 24.2 Å². The Morgan fingerprint density at radius 2 is 1.91 bits per heavy atom. The van der Waals surface area contributed by atoms with E-state index < -0.39 is 5.54 Å². The van der Waals surface area contributed by atoms with Gasteiger partial charge in [-0.05, 0) is 54.7 Å². The lowest BCUT2D eigenvalue weighted by atomic mass is 9.76. The van der Waals surface area contributed by atoms with Crippen molar-refractivity contribution in [3.8, 4) is 5.75 Å². The molecule has 7 heteroatoms. The zero-order valence-corrected chi connectivity index (χ0v) is 18.8. The maximum atomic E-state index is 13.8. The Morgan fingerprint density at radius 3 is 2.64 bits per heavy atom. The van der Waals surface area contributed by atoms with Gasteiger partial charge in [-0.15, -0.1) is 0 Å². The summed E-state index contributed by atoms with van der Waals surface area (Å²) in [4.78, 5) is 37.9. The number of likely N-dealkylation sites (tertiary alicyclic amines) is 1. The van der Waals surface area contributed by atoms with Gasteiger partial charge in [-0.3, -0.25) is 9.59 Å². The molecule has 33 heavy (non-hydrogen) atoms. The number of H-pyrrole nitrogens is 1. The standard InChI is InChI=1S/C26H28N4O3/c1-33-23-9-7-19(8-10-23)25(32)30-16-21-6-3-2-5-20(21)14-26(30)11-4-12-29(17-26)24(31)13-22-15-27-18-28-22/h2-3,5-10,15,18H,4,11-14,16-17H2,1H3,(H,27,28). The van der Waals surface area contributed by atoms with E-state index in [2.05, 4.69) is 28.2 Å². The molecule has 1 atom stereocenters. The highest BCUT2D eigenvalue weighted by molar-refractivity contribution is 5.95. The number of methoxy groups -OCH3 is 1. The maximum absolute atomic E-state index is 13.8. The quantitative estimate of drug-likeness (QED) is 0.670. The number of hydrogen-bond donors (Lipinski definition) is 1. The van der Waals surface area contributed by atoms with E-state index in [1.54, 1.807) is 19.6 Å². The summed E-state index contributed by atoms with van der Waals surface area (Å²) in [6.45, 7) is 1.79. The van der Waals surface area contributed by atoms with Crippen LogP contribution in [0.1, 0.15) is 40.0 Å². The third-order valence-electron chi connectivity index (χ3n) is 6.93. The Labute approximate surface area is 193 Å². The van der Waals surface area contributed by atoms with Crippen LogP contribution >= 0.6 is 0 Å². The molecule has 170 valence electrons. The van der Waals surface area contributed by atoms with Crippen LogP contribution < -0.4 is 4.74 Å². The van der Waals surface area contributed by atoms with Crippen molar-refractivity contribution >= 4 is 11.8 Å². The van der Waals surface area contributed by atoms with Crippen LogP contribution in [0.2, 0.25) is 0 Å². The highest BCUT2D eigenvalue weighted by Gasteiger charge is 2.47. The van der Waals surface area contributed by atoms with Crippen molar-refractivity contribution in [1.82, 2.24) is 19.8 Å². The van der Waals surface area contributed by atoms with Crippen LogP contribution in [0.4, 0.5) is 0 Å². The summed E-state index contributed by atoms with van der Waals surface area (Å²) >= 11 is 0. The van der Waals surface area contributed by atoms with E-state index in [9.17, 15) is 9.59 Å². The number of carbonyl (C=O) groups is 2. The fraction of sp³-hybridized carbons (Fsp3) is 0.346. The van der Waals surface area contributed by atoms with Gasteiger partial charge in [0.2, 0.25) is 5.91 Å². The molecule has 3 aromatic rings. The van der Waals surface area contributed by atoms with Crippen LogP contribution in [0.15, 0.2) is 61.1 Å². The predicted octanol–water partition coefficient (Wildman–Crippen LogP) is 3.22. The SMILES string of the molecule is COc1ccc(C(=O)N2Cc3ccccc3CC23CCCN(C(=O)Cc2cnc[nH]2)C3)cc1. The number of carbonyl (C=O) groups excluding carboxylic acids is 2. The monoisotopic (exact) mass is 444 g/mol. The molecule has 0 aliphatic carbocycles. The largest absolute Gasteiger partial charge is 0.497 e. The van der Waals surface area contributed by atoms with E-state index in [1.807, 2.05) is 40.1 Å². The first-order chi connectivity index (χ1) is 16.1. The van der Waals surface area contributed by atoms with Crippen molar-refractivity contribution in [2.75, 3.05) is 20.2 Å². The number of aromatic nitrogens is 2. The number of ether oxygens (including phenoxy) is 1. The predicted molar refractivity (Wildman–Crippen MR) is 124 cm³/mol. The van der Waals surface area contributed by atoms with Crippen LogP contribution in [0.25, 0.3) is 0 Å². The van der Waals surface area contributed by atoms with E-state index >= 15 is 0 Å². The molecule has 2 aliphatic heterocycles. The molecule has 0 saturated carbocycles. The van der Waals surface area contributed by atoms with Gasteiger partial charge in [-0.1, -0.05) is 24.3 Å². The molecule has 0 bridgehead atoms. The van der Waals surface area contributed by atoms with Gasteiger partial charge in [0.25, 0.3) is 5.91 Å². The average molecular weight is 445 g/mol. The second kappa shape index (κ2) is 8.73. The Morgan fingerprint density at radius 1 is 1.12 bits per heavy atom. The molecule has 1 unspecified atom stereocenters. The van der Waals surface area contributed by atoms with Crippen LogP contribution in [-0.4, -0.2) is 57.3 Å². The molecule has 3 heterocycles. The number of amides is 2. The highest BCUT2D eigenvalue weighted by atomic mass is 16.5. The number of benzene rings is 2. The van der Waals surface area contributed by atoms with Gasteiger partial charge in [0.1, 0.15) is 5.75 Å². The first-order valence-electron chi connectivity index (χ1n) is 11.4. The van der Waals surface area contributed by atoms with Gasteiger partial charge in [0.05, 0.1) is 25.4 Å². The van der Waals surface area contributed by atoms with Crippen molar-refractivity contribution in [3.05, 3.63) is 83.4 Å². The number of piperidine rings is 1. The second-order valence-electron chi connectivity index (χ2n) is 8.96. The summed E-state index contributed by atoms with van der Waals surface area (Å²) in [5.41, 5.74) is 3.45. The molecule has 2 aliphatic rings. The molecule has 1 aromatic heterocycles. The van der Waals surface area contributed by atoms with Gasteiger partial charge in [-0.25, -0.2) is 4.98 Å². The maximum Gasteiger partial charge on any atom is 0.254 e. The van der Waals surface area contributed by atoms with Crippen molar-refractivity contribution in [2.24, 2.45) is 0 Å². The first-order valence-corrected chi connectivity index (χ1v) is 11.4. The zero-order valence-electron chi connectivity index (χ0n) is 18.8. The van der Waals surface area contributed by atoms with Gasteiger partial charge >= 0.3 is 0 Å². The number of imidazole rings is 1. The van der Waals surface area contributed by atoms with E-state index in [0.29, 0.717) is 31.6 Å². The molecular weight excluding hydrogens is 416 g/mol. The zero-order chi connectivity index (χ0) is 22.8. The summed E-state index contributed by atoms with van der Waals surface area (Å²) in [5.74, 6) is 0.780. The molecule has 7 nitrogen and oxygen atoms in total. The number of rotatable bonds is 4. The molecule has 5 rings (SSSR count). The smallest absolute Gasteiger partial charge is 0.254 e. The number of nitrogens with zero attached hydrogens (tertiary/aromatic N) is 3. The summed E-state index contributed by atoms with van der Waals surface area (Å²) in [6, 6.07) is 15.6. The van der Waals surface area contributed by atoms with Crippen LogP contribution in [0.5, 0.6) is 5.75 Å².